The summed E-state index contributed by atoms with van der Waals surface area (Å²) in [5, 5.41) is 0. The van der Waals surface area contributed by atoms with Gasteiger partial charge in [-0.15, -0.1) is 0 Å². The van der Waals surface area contributed by atoms with Gasteiger partial charge < -0.3 is 12.4 Å². The first kappa shape index (κ1) is 14.8. The fourth-order valence-corrected chi connectivity index (χ4v) is 0.997. The molecule has 0 unspecified atom stereocenters. The Bertz CT molecular complexity index is 184. The van der Waals surface area contributed by atoms with E-state index in [1.807, 2.05) is 12.1 Å². The normalized spacial score (nSPS) is 8.58. The van der Waals surface area contributed by atoms with E-state index in [9.17, 15) is 0 Å². The molecule has 1 aromatic rings. The van der Waals surface area contributed by atoms with Gasteiger partial charge in [-0.1, -0.05) is 13.8 Å². The molecule has 0 fully saturated rings. The number of rotatable bonds is 2. The zero-order valence-electron chi connectivity index (χ0n) is 7.68. The Morgan fingerprint density at radius 1 is 1.33 bits per heavy atom. The van der Waals surface area contributed by atoms with Crippen LogP contribution in [0.2, 0.25) is 0 Å². The van der Waals surface area contributed by atoms with E-state index in [2.05, 4.69) is 32.0 Å². The third-order valence-electron chi connectivity index (χ3n) is 1.40. The molecule has 2 heteroatoms. The van der Waals surface area contributed by atoms with Crippen molar-refractivity contribution in [3.05, 3.63) is 35.9 Å². The van der Waals surface area contributed by atoms with Gasteiger partial charge in [0.2, 0.25) is 0 Å². The fourth-order valence-electron chi connectivity index (χ4n) is 0.997. The topological polar surface area (TPSA) is 0 Å². The molecule has 0 aromatic heterocycles. The molecule has 0 amide bonds. The minimum atomic E-state index is 0. The molecule has 0 spiro atoms. The largest absolute Gasteiger partial charge is 2.00 e. The third-order valence-corrected chi connectivity index (χ3v) is 1.40. The zero-order chi connectivity index (χ0) is 7.40. The van der Waals surface area contributed by atoms with Crippen molar-refractivity contribution in [1.82, 2.24) is 0 Å². The zero-order valence-corrected chi connectivity index (χ0v) is 9.85. The van der Waals surface area contributed by atoms with Gasteiger partial charge in [-0.2, -0.15) is 35.9 Å². The number of hydrogen-bond donors (Lipinski definition) is 0. The molecule has 0 bridgehead atoms. The van der Waals surface area contributed by atoms with Crippen molar-refractivity contribution in [2.24, 2.45) is 5.92 Å². The number of hydrogen-bond acceptors (Lipinski definition) is 0. The predicted octanol–water partition coefficient (Wildman–Crippen LogP) is -0.692. The van der Waals surface area contributed by atoms with Crippen LogP contribution in [0.5, 0.6) is 0 Å². The summed E-state index contributed by atoms with van der Waals surface area (Å²) in [7, 11) is 0. The Morgan fingerprint density at radius 3 is 2.42 bits per heavy atom. The van der Waals surface area contributed by atoms with Gasteiger partial charge in [0.1, 0.15) is 0 Å². The molecule has 0 saturated carbocycles. The second kappa shape index (κ2) is 7.90. The van der Waals surface area contributed by atoms with Crippen LogP contribution in [0.25, 0.3) is 0 Å². The van der Waals surface area contributed by atoms with Crippen molar-refractivity contribution in [1.29, 1.82) is 0 Å². The first-order valence-corrected chi connectivity index (χ1v) is 3.74. The van der Waals surface area contributed by atoms with E-state index in [-0.39, 0.29) is 35.5 Å². The van der Waals surface area contributed by atoms with Gasteiger partial charge in [0.25, 0.3) is 0 Å². The Kier molecular flexibility index (Phi) is 9.73. The molecule has 0 aliphatic rings. The maximum atomic E-state index is 3.20. The van der Waals surface area contributed by atoms with Crippen LogP contribution in [0.4, 0.5) is 0 Å². The van der Waals surface area contributed by atoms with Crippen LogP contribution in [-0.4, -0.2) is 23.1 Å². The third kappa shape index (κ3) is 5.87. The van der Waals surface area contributed by atoms with Crippen LogP contribution >= 0.6 is 0 Å². The standard InChI is InChI=1S/C10H13.ClH.Mg/c1-9(2)8-10-6-4-3-5-7-10;;/h3-6,9H,8H2,1-2H3;1H;/q-1;;+2/p-1. The Morgan fingerprint density at radius 2 is 2.00 bits per heavy atom. The van der Waals surface area contributed by atoms with Crippen molar-refractivity contribution in [3.63, 3.8) is 0 Å². The summed E-state index contributed by atoms with van der Waals surface area (Å²) in [6.07, 6.45) is 1.14. The maximum absolute atomic E-state index is 3.20. The SMILES string of the molecule is CC(C)Cc1[c-]cccc1.[Cl-].[Mg+2]. The quantitative estimate of drug-likeness (QED) is 0.430. The van der Waals surface area contributed by atoms with Crippen LogP contribution < -0.4 is 12.4 Å². The average molecular weight is 193 g/mol. The number of benzene rings is 1. The Labute approximate surface area is 97.3 Å². The van der Waals surface area contributed by atoms with E-state index < -0.39 is 0 Å². The first-order valence-electron chi connectivity index (χ1n) is 3.74. The smallest absolute Gasteiger partial charge is 1.00 e. The van der Waals surface area contributed by atoms with Crippen molar-refractivity contribution in [3.8, 4) is 0 Å². The first-order chi connectivity index (χ1) is 4.79. The summed E-state index contributed by atoms with van der Waals surface area (Å²) in [5.74, 6) is 0.735. The van der Waals surface area contributed by atoms with E-state index in [0.29, 0.717) is 0 Å². The Balaban J connectivity index is 0. The molecule has 12 heavy (non-hydrogen) atoms. The molecule has 0 saturated heterocycles. The summed E-state index contributed by atoms with van der Waals surface area (Å²) in [6.45, 7) is 4.45. The minimum Gasteiger partial charge on any atom is -1.00 e. The molecule has 0 N–H and O–H groups in total. The van der Waals surface area contributed by atoms with Crippen LogP contribution in [-0.2, 0) is 6.42 Å². The molecule has 0 aliphatic heterocycles. The van der Waals surface area contributed by atoms with Crippen LogP contribution in [0.3, 0.4) is 0 Å². The molecule has 1 rings (SSSR count). The second-order valence-electron chi connectivity index (χ2n) is 2.99. The van der Waals surface area contributed by atoms with Gasteiger partial charge in [-0.25, -0.2) is 0 Å². The predicted molar refractivity (Wildman–Crippen MR) is 49.6 cm³/mol. The van der Waals surface area contributed by atoms with Crippen molar-refractivity contribution >= 4 is 23.1 Å². The summed E-state index contributed by atoms with van der Waals surface area (Å²) < 4.78 is 0. The van der Waals surface area contributed by atoms with E-state index in [0.717, 1.165) is 12.3 Å². The second-order valence-corrected chi connectivity index (χ2v) is 2.99. The minimum absolute atomic E-state index is 0. The molecule has 0 radical (unpaired) electrons. The van der Waals surface area contributed by atoms with E-state index in [1.54, 1.807) is 0 Å². The van der Waals surface area contributed by atoms with Gasteiger partial charge in [-0.3, -0.25) is 0 Å². The molecule has 0 heterocycles. The fraction of sp³-hybridized carbons (Fsp3) is 0.400. The Hall–Kier alpha value is 0.276. The molecule has 62 valence electrons. The van der Waals surface area contributed by atoms with Crippen LogP contribution in [0, 0.1) is 12.0 Å². The van der Waals surface area contributed by atoms with Crippen molar-refractivity contribution in [2.75, 3.05) is 0 Å². The average Bonchev–Trinajstić information content (AvgIpc) is 1.88. The summed E-state index contributed by atoms with van der Waals surface area (Å²) in [6, 6.07) is 11.4. The van der Waals surface area contributed by atoms with Gasteiger partial charge in [-0.05, 0) is 12.3 Å². The number of halogens is 1. The molecule has 1 aromatic carbocycles. The molecule has 0 aliphatic carbocycles. The van der Waals surface area contributed by atoms with Crippen molar-refractivity contribution in [2.45, 2.75) is 20.3 Å². The van der Waals surface area contributed by atoms with Gasteiger partial charge in [0.15, 0.2) is 0 Å². The summed E-state index contributed by atoms with van der Waals surface area (Å²) in [4.78, 5) is 0. The van der Waals surface area contributed by atoms with E-state index in [1.165, 1.54) is 5.56 Å². The summed E-state index contributed by atoms with van der Waals surface area (Å²) in [5.41, 5.74) is 1.32. The van der Waals surface area contributed by atoms with Crippen LogP contribution in [0.1, 0.15) is 19.4 Å². The molecular weight excluding hydrogens is 180 g/mol. The van der Waals surface area contributed by atoms with Crippen molar-refractivity contribution < 1.29 is 12.4 Å². The van der Waals surface area contributed by atoms with E-state index >= 15 is 0 Å². The maximum Gasteiger partial charge on any atom is 2.00 e. The van der Waals surface area contributed by atoms with Crippen LogP contribution in [0.15, 0.2) is 24.3 Å². The van der Waals surface area contributed by atoms with Gasteiger partial charge in [0.05, 0.1) is 0 Å². The molecular formula is C10H13ClMg. The van der Waals surface area contributed by atoms with Gasteiger partial charge in [0, 0.05) is 0 Å². The monoisotopic (exact) mass is 192 g/mol. The van der Waals surface area contributed by atoms with Gasteiger partial charge >= 0.3 is 23.1 Å². The van der Waals surface area contributed by atoms with E-state index in [4.69, 9.17) is 0 Å². The molecule has 0 nitrogen and oxygen atoms in total. The molecule has 0 atom stereocenters. The summed E-state index contributed by atoms with van der Waals surface area (Å²) >= 11 is 0.